The summed E-state index contributed by atoms with van der Waals surface area (Å²) in [6.07, 6.45) is 7.07. The lowest BCUT2D eigenvalue weighted by Crippen LogP contribution is -2.17. The molecule has 6 heteroatoms. The fourth-order valence-electron chi connectivity index (χ4n) is 3.16. The van der Waals surface area contributed by atoms with Gasteiger partial charge in [-0.3, -0.25) is 4.79 Å². The highest BCUT2D eigenvalue weighted by molar-refractivity contribution is 6.02. The first kappa shape index (κ1) is 16.2. The molecule has 1 fully saturated rings. The van der Waals surface area contributed by atoms with Crippen LogP contribution in [0.3, 0.4) is 0 Å². The minimum Gasteiger partial charge on any atom is -0.383 e. The summed E-state index contributed by atoms with van der Waals surface area (Å²) < 4.78 is 1.74. The van der Waals surface area contributed by atoms with Gasteiger partial charge in [-0.05, 0) is 36.1 Å². The van der Waals surface area contributed by atoms with Crippen molar-refractivity contribution in [3.05, 3.63) is 53.9 Å². The Morgan fingerprint density at radius 3 is 2.92 bits per heavy atom. The molecule has 2 aromatic heterocycles. The van der Waals surface area contributed by atoms with E-state index >= 15 is 0 Å². The van der Waals surface area contributed by atoms with Crippen LogP contribution >= 0.6 is 0 Å². The van der Waals surface area contributed by atoms with Crippen LogP contribution < -0.4 is 11.1 Å². The van der Waals surface area contributed by atoms with Crippen molar-refractivity contribution in [2.45, 2.75) is 19.3 Å². The second-order valence-electron chi connectivity index (χ2n) is 6.71. The van der Waals surface area contributed by atoms with Crippen molar-refractivity contribution in [3.63, 3.8) is 0 Å². The van der Waals surface area contributed by atoms with Crippen molar-refractivity contribution in [2.24, 2.45) is 11.7 Å². The zero-order valence-electron chi connectivity index (χ0n) is 14.3. The van der Waals surface area contributed by atoms with Gasteiger partial charge < -0.3 is 11.1 Å². The zero-order chi connectivity index (χ0) is 18.1. The lowest BCUT2D eigenvalue weighted by atomic mass is 10.1. The number of aromatic nitrogens is 2. The normalized spacial score (nSPS) is 13.5. The lowest BCUT2D eigenvalue weighted by Gasteiger charge is -2.11. The van der Waals surface area contributed by atoms with Crippen molar-refractivity contribution in [1.29, 1.82) is 5.26 Å². The number of primary amides is 1. The van der Waals surface area contributed by atoms with Crippen molar-refractivity contribution in [3.8, 4) is 17.2 Å². The summed E-state index contributed by atoms with van der Waals surface area (Å²) in [6, 6.07) is 11.5. The minimum absolute atomic E-state index is 0.392. The third-order valence-corrected chi connectivity index (χ3v) is 4.78. The first-order valence-corrected chi connectivity index (χ1v) is 8.71. The van der Waals surface area contributed by atoms with Crippen molar-refractivity contribution in [1.82, 2.24) is 9.61 Å². The summed E-state index contributed by atoms with van der Waals surface area (Å²) >= 11 is 0. The smallest absolute Gasteiger partial charge is 0.252 e. The van der Waals surface area contributed by atoms with Gasteiger partial charge in [0, 0.05) is 18.3 Å². The van der Waals surface area contributed by atoms with E-state index in [9.17, 15) is 4.79 Å². The molecule has 1 aliphatic carbocycles. The molecule has 1 amide bonds. The number of rotatable bonds is 6. The number of nitrogens with two attached hydrogens (primary N) is 1. The van der Waals surface area contributed by atoms with Crippen LogP contribution in [0.1, 0.15) is 35.2 Å². The molecule has 130 valence electrons. The van der Waals surface area contributed by atoms with E-state index in [-0.39, 0.29) is 0 Å². The lowest BCUT2D eigenvalue weighted by molar-refractivity contribution is 0.100. The average molecular weight is 345 g/mol. The first-order chi connectivity index (χ1) is 12.7. The molecule has 0 atom stereocenters. The van der Waals surface area contributed by atoms with Crippen LogP contribution in [0.4, 0.5) is 5.69 Å². The fraction of sp³-hybridized carbons (Fsp3) is 0.250. The van der Waals surface area contributed by atoms with E-state index in [2.05, 4.69) is 16.5 Å². The van der Waals surface area contributed by atoms with E-state index in [1.165, 1.54) is 19.0 Å². The Labute approximate surface area is 151 Å². The number of amides is 1. The van der Waals surface area contributed by atoms with E-state index in [4.69, 9.17) is 11.0 Å². The third-order valence-electron chi connectivity index (χ3n) is 4.78. The molecule has 1 aromatic carbocycles. The van der Waals surface area contributed by atoms with Crippen molar-refractivity contribution in [2.75, 3.05) is 11.9 Å². The molecule has 0 radical (unpaired) electrons. The molecular formula is C20H19N5O. The highest BCUT2D eigenvalue weighted by Gasteiger charge is 2.21. The molecule has 2 heterocycles. The SMILES string of the molecule is N#Cc1cccc(-c2cc3c(NCCC4CC4)c(C(N)=O)cnn3c2)c1. The average Bonchev–Trinajstić information content (AvgIpc) is 3.37. The maximum atomic E-state index is 11.8. The van der Waals surface area contributed by atoms with Gasteiger partial charge in [0.25, 0.3) is 5.91 Å². The molecule has 0 unspecified atom stereocenters. The summed E-state index contributed by atoms with van der Waals surface area (Å²) in [4.78, 5) is 11.8. The molecule has 1 saturated carbocycles. The van der Waals surface area contributed by atoms with E-state index in [1.807, 2.05) is 30.5 Å². The zero-order valence-corrected chi connectivity index (χ0v) is 14.3. The standard InChI is InChI=1S/C20H19N5O/c21-10-14-2-1-3-15(8-14)16-9-18-19(23-7-6-13-4-5-13)17(20(22)26)11-24-25(18)12-16/h1-3,8-9,11-13,23H,4-7H2,(H2,22,26). The third kappa shape index (κ3) is 3.11. The second kappa shape index (κ2) is 6.52. The Hall–Kier alpha value is -3.33. The van der Waals surface area contributed by atoms with Crippen LogP contribution in [0.5, 0.6) is 0 Å². The fourth-order valence-corrected chi connectivity index (χ4v) is 3.16. The van der Waals surface area contributed by atoms with Crippen molar-refractivity contribution >= 4 is 17.1 Å². The Morgan fingerprint density at radius 1 is 1.35 bits per heavy atom. The van der Waals surface area contributed by atoms with E-state index in [0.29, 0.717) is 11.1 Å². The number of hydrogen-bond acceptors (Lipinski definition) is 4. The predicted octanol–water partition coefficient (Wildman–Crippen LogP) is 3.18. The molecule has 6 nitrogen and oxygen atoms in total. The molecule has 3 aromatic rings. The van der Waals surface area contributed by atoms with Gasteiger partial charge in [-0.25, -0.2) is 4.52 Å². The van der Waals surface area contributed by atoms with Crippen LogP contribution in [-0.4, -0.2) is 22.1 Å². The number of hydrogen-bond donors (Lipinski definition) is 2. The number of anilines is 1. The Morgan fingerprint density at radius 2 is 2.19 bits per heavy atom. The van der Waals surface area contributed by atoms with Crippen LogP contribution in [0.15, 0.2) is 42.7 Å². The Balaban J connectivity index is 1.75. The number of nitriles is 1. The van der Waals surface area contributed by atoms with Gasteiger partial charge in [-0.15, -0.1) is 0 Å². The quantitative estimate of drug-likeness (QED) is 0.717. The topological polar surface area (TPSA) is 96.2 Å². The first-order valence-electron chi connectivity index (χ1n) is 8.71. The van der Waals surface area contributed by atoms with Gasteiger partial charge >= 0.3 is 0 Å². The number of fused-ring (bicyclic) bond motifs is 1. The molecule has 1 aliphatic rings. The van der Waals surface area contributed by atoms with Crippen LogP contribution in [0.2, 0.25) is 0 Å². The number of nitrogens with one attached hydrogen (secondary N) is 1. The summed E-state index contributed by atoms with van der Waals surface area (Å²) in [5, 5.41) is 16.8. The highest BCUT2D eigenvalue weighted by Crippen LogP contribution is 2.33. The molecule has 0 aliphatic heterocycles. The number of nitrogens with zero attached hydrogens (tertiary/aromatic N) is 3. The summed E-state index contributed by atoms with van der Waals surface area (Å²) in [5.74, 6) is 0.302. The van der Waals surface area contributed by atoms with Crippen LogP contribution in [-0.2, 0) is 0 Å². The van der Waals surface area contributed by atoms with Crippen molar-refractivity contribution < 1.29 is 4.79 Å². The second-order valence-corrected chi connectivity index (χ2v) is 6.71. The largest absolute Gasteiger partial charge is 0.383 e. The summed E-state index contributed by atoms with van der Waals surface area (Å²) in [6.45, 7) is 0.801. The highest BCUT2D eigenvalue weighted by atomic mass is 16.1. The van der Waals surface area contributed by atoms with Gasteiger partial charge in [-0.1, -0.05) is 25.0 Å². The van der Waals surface area contributed by atoms with Gasteiger partial charge in [0.2, 0.25) is 0 Å². The minimum atomic E-state index is -0.497. The van der Waals surface area contributed by atoms with Crippen LogP contribution in [0, 0.1) is 17.2 Å². The predicted molar refractivity (Wildman–Crippen MR) is 99.7 cm³/mol. The van der Waals surface area contributed by atoms with Gasteiger partial charge in [0.05, 0.1) is 34.6 Å². The number of carbonyl (C=O) groups is 1. The summed E-state index contributed by atoms with van der Waals surface area (Å²) in [5.41, 5.74) is 9.92. The molecular weight excluding hydrogens is 326 g/mol. The molecule has 3 N–H and O–H groups in total. The number of carbonyl (C=O) groups excluding carboxylic acids is 1. The number of benzene rings is 1. The van der Waals surface area contributed by atoms with E-state index in [0.717, 1.165) is 41.2 Å². The monoisotopic (exact) mass is 345 g/mol. The molecule has 0 spiro atoms. The van der Waals surface area contributed by atoms with E-state index < -0.39 is 5.91 Å². The van der Waals surface area contributed by atoms with Gasteiger partial charge in [-0.2, -0.15) is 10.4 Å². The maximum Gasteiger partial charge on any atom is 0.252 e. The van der Waals surface area contributed by atoms with Gasteiger partial charge in [0.1, 0.15) is 0 Å². The molecule has 4 rings (SSSR count). The maximum absolute atomic E-state index is 11.8. The molecule has 0 saturated heterocycles. The summed E-state index contributed by atoms with van der Waals surface area (Å²) in [7, 11) is 0. The Bertz CT molecular complexity index is 1030. The van der Waals surface area contributed by atoms with Crippen LogP contribution in [0.25, 0.3) is 16.6 Å². The Kier molecular flexibility index (Phi) is 4.05. The molecule has 0 bridgehead atoms. The molecule has 26 heavy (non-hydrogen) atoms. The van der Waals surface area contributed by atoms with Gasteiger partial charge in [0.15, 0.2) is 0 Å². The van der Waals surface area contributed by atoms with E-state index in [1.54, 1.807) is 10.6 Å².